The van der Waals surface area contributed by atoms with Crippen LogP contribution in [0.1, 0.15) is 16.7 Å². The third-order valence-corrected chi connectivity index (χ3v) is 4.50. The van der Waals surface area contributed by atoms with E-state index in [1.165, 1.54) is 12.1 Å². The third kappa shape index (κ3) is 6.52. The second-order valence-electron chi connectivity index (χ2n) is 7.39. The molecule has 0 radical (unpaired) electrons. The second kappa shape index (κ2) is 10.2. The number of carbonyl (C=O) groups excluding carboxylic acids is 1. The van der Waals surface area contributed by atoms with E-state index in [2.05, 4.69) is 15.3 Å². The van der Waals surface area contributed by atoms with Gasteiger partial charge in [-0.2, -0.15) is 13.2 Å². The van der Waals surface area contributed by atoms with E-state index in [9.17, 15) is 18.0 Å². The Morgan fingerprint density at radius 3 is 2.38 bits per heavy atom. The minimum Gasteiger partial charge on any atom is -0.483 e. The molecular formula is C23H23F3N4O2. The van der Waals surface area contributed by atoms with E-state index in [-0.39, 0.29) is 19.1 Å². The van der Waals surface area contributed by atoms with E-state index in [4.69, 9.17) is 4.74 Å². The first-order valence-corrected chi connectivity index (χ1v) is 9.83. The number of ether oxygens (including phenoxy) is 1. The minimum absolute atomic E-state index is 0.106. The fourth-order valence-corrected chi connectivity index (χ4v) is 2.98. The quantitative estimate of drug-likeness (QED) is 0.571. The maximum Gasteiger partial charge on any atom is 0.416 e. The number of nitrogens with one attached hydrogen (secondary N) is 1. The van der Waals surface area contributed by atoms with E-state index in [1.54, 1.807) is 24.5 Å². The maximum absolute atomic E-state index is 12.6. The number of aromatic nitrogens is 2. The standard InChI is InChI=1S/C23H23F3N4O2/c1-30(2)14-18-12-17(22-27-10-3-11-28-22)6-9-20(18)32-15-21(31)29-13-16-4-7-19(8-5-16)23(24,25)26/h3-12H,13-15H2,1-2H3,(H,29,31). The Hall–Kier alpha value is -3.46. The monoisotopic (exact) mass is 444 g/mol. The van der Waals surface area contributed by atoms with Crippen molar-refractivity contribution in [2.75, 3.05) is 20.7 Å². The van der Waals surface area contributed by atoms with Gasteiger partial charge in [-0.1, -0.05) is 12.1 Å². The fraction of sp³-hybridized carbons (Fsp3) is 0.261. The molecule has 0 aliphatic carbocycles. The summed E-state index contributed by atoms with van der Waals surface area (Å²) in [5, 5.41) is 2.65. The molecule has 0 aliphatic heterocycles. The van der Waals surface area contributed by atoms with Gasteiger partial charge in [0.05, 0.1) is 5.56 Å². The Morgan fingerprint density at radius 2 is 1.75 bits per heavy atom. The van der Waals surface area contributed by atoms with Gasteiger partial charge in [-0.3, -0.25) is 4.79 Å². The molecule has 1 aromatic heterocycles. The molecule has 0 saturated carbocycles. The number of nitrogens with zero attached hydrogens (tertiary/aromatic N) is 3. The number of rotatable bonds is 8. The average Bonchev–Trinajstić information content (AvgIpc) is 2.76. The first kappa shape index (κ1) is 23.2. The van der Waals surface area contributed by atoms with Gasteiger partial charge < -0.3 is 15.0 Å². The van der Waals surface area contributed by atoms with Gasteiger partial charge in [-0.05, 0) is 56.1 Å². The Labute approximate surface area is 184 Å². The second-order valence-corrected chi connectivity index (χ2v) is 7.39. The van der Waals surface area contributed by atoms with Crippen molar-refractivity contribution in [1.82, 2.24) is 20.2 Å². The lowest BCUT2D eigenvalue weighted by atomic mass is 10.1. The first-order chi connectivity index (χ1) is 15.2. The zero-order chi connectivity index (χ0) is 23.1. The molecule has 1 heterocycles. The number of alkyl halides is 3. The number of carbonyl (C=O) groups is 1. The van der Waals surface area contributed by atoms with Crippen molar-refractivity contribution in [3.8, 4) is 17.1 Å². The van der Waals surface area contributed by atoms with E-state index in [1.807, 2.05) is 31.1 Å². The van der Waals surface area contributed by atoms with Crippen LogP contribution in [0.2, 0.25) is 0 Å². The molecular weight excluding hydrogens is 421 g/mol. The van der Waals surface area contributed by atoms with Crippen LogP contribution in [0.4, 0.5) is 13.2 Å². The van der Waals surface area contributed by atoms with Crippen LogP contribution in [-0.2, 0) is 24.1 Å². The van der Waals surface area contributed by atoms with Crippen molar-refractivity contribution < 1.29 is 22.7 Å². The number of benzene rings is 2. The molecule has 0 saturated heterocycles. The van der Waals surface area contributed by atoms with Crippen LogP contribution >= 0.6 is 0 Å². The smallest absolute Gasteiger partial charge is 0.416 e. The summed E-state index contributed by atoms with van der Waals surface area (Å²) in [5.41, 5.74) is 1.54. The summed E-state index contributed by atoms with van der Waals surface area (Å²) < 4.78 is 43.6. The molecule has 2 aromatic carbocycles. The predicted octanol–water partition coefficient (Wildman–Crippen LogP) is 3.92. The third-order valence-electron chi connectivity index (χ3n) is 4.50. The summed E-state index contributed by atoms with van der Waals surface area (Å²) in [6.07, 6.45) is -1.05. The van der Waals surface area contributed by atoms with Crippen molar-refractivity contribution in [2.45, 2.75) is 19.3 Å². The highest BCUT2D eigenvalue weighted by molar-refractivity contribution is 5.77. The van der Waals surface area contributed by atoms with Gasteiger partial charge >= 0.3 is 6.18 Å². The van der Waals surface area contributed by atoms with E-state index in [0.717, 1.165) is 23.3 Å². The molecule has 0 aliphatic rings. The Kier molecular flexibility index (Phi) is 7.42. The molecule has 1 N–H and O–H groups in total. The average molecular weight is 444 g/mol. The van der Waals surface area contributed by atoms with Gasteiger partial charge in [0.1, 0.15) is 5.75 Å². The normalized spacial score (nSPS) is 11.4. The molecule has 9 heteroatoms. The molecule has 3 rings (SSSR count). The van der Waals surface area contributed by atoms with Crippen LogP contribution in [0.3, 0.4) is 0 Å². The molecule has 3 aromatic rings. The predicted molar refractivity (Wildman–Crippen MR) is 114 cm³/mol. The van der Waals surface area contributed by atoms with E-state index >= 15 is 0 Å². The molecule has 1 amide bonds. The molecule has 0 bridgehead atoms. The molecule has 32 heavy (non-hydrogen) atoms. The molecule has 168 valence electrons. The maximum atomic E-state index is 12.6. The van der Waals surface area contributed by atoms with Crippen molar-refractivity contribution in [2.24, 2.45) is 0 Å². The van der Waals surface area contributed by atoms with Gasteiger partial charge in [0.25, 0.3) is 5.91 Å². The summed E-state index contributed by atoms with van der Waals surface area (Å²) in [6, 6.07) is 11.9. The van der Waals surface area contributed by atoms with Crippen molar-refractivity contribution in [1.29, 1.82) is 0 Å². The van der Waals surface area contributed by atoms with Crippen LogP contribution in [0, 0.1) is 0 Å². The highest BCUT2D eigenvalue weighted by Gasteiger charge is 2.29. The van der Waals surface area contributed by atoms with E-state index < -0.39 is 11.7 Å². The van der Waals surface area contributed by atoms with Crippen LogP contribution in [0.15, 0.2) is 60.9 Å². The highest BCUT2D eigenvalue weighted by Crippen LogP contribution is 2.29. The van der Waals surface area contributed by atoms with Crippen LogP contribution < -0.4 is 10.1 Å². The summed E-state index contributed by atoms with van der Waals surface area (Å²) in [5.74, 6) is 0.771. The number of hydrogen-bond acceptors (Lipinski definition) is 5. The van der Waals surface area contributed by atoms with Crippen molar-refractivity contribution in [3.05, 3.63) is 77.6 Å². The lowest BCUT2D eigenvalue weighted by Crippen LogP contribution is -2.28. The first-order valence-electron chi connectivity index (χ1n) is 9.83. The molecule has 0 unspecified atom stereocenters. The molecule has 6 nitrogen and oxygen atoms in total. The van der Waals surface area contributed by atoms with E-state index in [0.29, 0.717) is 23.7 Å². The van der Waals surface area contributed by atoms with Gasteiger partial charge in [0.2, 0.25) is 0 Å². The highest BCUT2D eigenvalue weighted by atomic mass is 19.4. The van der Waals surface area contributed by atoms with Gasteiger partial charge in [-0.15, -0.1) is 0 Å². The van der Waals surface area contributed by atoms with Gasteiger partial charge in [0, 0.05) is 36.6 Å². The van der Waals surface area contributed by atoms with Crippen LogP contribution in [0.5, 0.6) is 5.75 Å². The largest absolute Gasteiger partial charge is 0.483 e. The number of halogens is 3. The summed E-state index contributed by atoms with van der Waals surface area (Å²) >= 11 is 0. The SMILES string of the molecule is CN(C)Cc1cc(-c2ncccn2)ccc1OCC(=O)NCc1ccc(C(F)(F)F)cc1. The number of amides is 1. The minimum atomic E-state index is -4.39. The summed E-state index contributed by atoms with van der Waals surface area (Å²) in [7, 11) is 3.85. The molecule has 0 spiro atoms. The zero-order valence-corrected chi connectivity index (χ0v) is 17.7. The summed E-state index contributed by atoms with van der Waals surface area (Å²) in [4.78, 5) is 22.7. The zero-order valence-electron chi connectivity index (χ0n) is 17.7. The van der Waals surface area contributed by atoms with Gasteiger partial charge in [0.15, 0.2) is 12.4 Å². The van der Waals surface area contributed by atoms with Crippen LogP contribution in [-0.4, -0.2) is 41.5 Å². The van der Waals surface area contributed by atoms with Crippen LogP contribution in [0.25, 0.3) is 11.4 Å². The van der Waals surface area contributed by atoms with Crippen molar-refractivity contribution in [3.63, 3.8) is 0 Å². The Morgan fingerprint density at radius 1 is 1.06 bits per heavy atom. The lowest BCUT2D eigenvalue weighted by Gasteiger charge is -2.16. The number of hydrogen-bond donors (Lipinski definition) is 1. The van der Waals surface area contributed by atoms with Crippen molar-refractivity contribution >= 4 is 5.91 Å². The molecule has 0 atom stereocenters. The molecule has 0 fully saturated rings. The topological polar surface area (TPSA) is 67.3 Å². The summed E-state index contributed by atoms with van der Waals surface area (Å²) in [6.45, 7) is 0.473. The van der Waals surface area contributed by atoms with Gasteiger partial charge in [-0.25, -0.2) is 9.97 Å². The lowest BCUT2D eigenvalue weighted by molar-refractivity contribution is -0.137. The Bertz CT molecular complexity index is 1040. The Balaban J connectivity index is 1.60. The fourth-order valence-electron chi connectivity index (χ4n) is 2.98.